The van der Waals surface area contributed by atoms with Crippen LogP contribution in [-0.4, -0.2) is 10.9 Å². The molecule has 1 aromatic heterocycles. The number of carbonyl (C=O) groups is 1. The third-order valence-corrected chi connectivity index (χ3v) is 3.46. The maximum Gasteiger partial charge on any atom is 0.231 e. The van der Waals surface area contributed by atoms with Crippen molar-refractivity contribution in [1.29, 1.82) is 0 Å². The molecule has 0 atom stereocenters. The summed E-state index contributed by atoms with van der Waals surface area (Å²) in [6.45, 7) is 7.69. The van der Waals surface area contributed by atoms with E-state index in [1.54, 1.807) is 0 Å². The summed E-state index contributed by atoms with van der Waals surface area (Å²) in [5.41, 5.74) is 1.71. The summed E-state index contributed by atoms with van der Waals surface area (Å²) < 4.78 is 1.11. The first-order valence-corrected chi connectivity index (χ1v) is 6.37. The molecule has 90 valence electrons. The largest absolute Gasteiger partial charge is 0.301 e. The zero-order valence-electron chi connectivity index (χ0n) is 10.5. The second-order valence-electron chi connectivity index (χ2n) is 5.14. The fraction of sp³-hybridized carbons (Fsp3) is 0.385. The van der Waals surface area contributed by atoms with Crippen LogP contribution in [0.3, 0.4) is 0 Å². The smallest absolute Gasteiger partial charge is 0.231 e. The molecule has 0 fully saturated rings. The number of nitrogens with zero attached hydrogens (tertiary/aromatic N) is 1. The number of amides is 1. The van der Waals surface area contributed by atoms with Gasteiger partial charge in [-0.2, -0.15) is 0 Å². The summed E-state index contributed by atoms with van der Waals surface area (Å²) in [6.07, 6.45) is 0. The number of fused-ring (bicyclic) bond motifs is 1. The summed E-state index contributed by atoms with van der Waals surface area (Å²) in [4.78, 5) is 16.3. The highest BCUT2D eigenvalue weighted by Gasteiger charge is 2.22. The number of para-hydroxylation sites is 1. The first-order chi connectivity index (χ1) is 7.88. The van der Waals surface area contributed by atoms with Gasteiger partial charge in [0.2, 0.25) is 5.91 Å². The third-order valence-electron chi connectivity index (χ3n) is 2.52. The zero-order valence-corrected chi connectivity index (χ0v) is 11.3. The van der Waals surface area contributed by atoms with Gasteiger partial charge < -0.3 is 5.32 Å². The van der Waals surface area contributed by atoms with Crippen LogP contribution in [-0.2, 0) is 4.79 Å². The SMILES string of the molecule is Cc1cccc2sc(NC(=O)C(C)(C)C)nc12. The van der Waals surface area contributed by atoms with Crippen molar-refractivity contribution in [2.75, 3.05) is 5.32 Å². The van der Waals surface area contributed by atoms with E-state index in [1.165, 1.54) is 11.3 Å². The monoisotopic (exact) mass is 248 g/mol. The van der Waals surface area contributed by atoms with Gasteiger partial charge in [-0.25, -0.2) is 4.98 Å². The first-order valence-electron chi connectivity index (χ1n) is 5.55. The number of carbonyl (C=O) groups excluding carboxylic acids is 1. The van der Waals surface area contributed by atoms with Crippen LogP contribution in [0.4, 0.5) is 5.13 Å². The molecule has 1 heterocycles. The molecule has 0 radical (unpaired) electrons. The molecule has 3 nitrogen and oxygen atoms in total. The van der Waals surface area contributed by atoms with E-state index in [0.717, 1.165) is 15.8 Å². The fourth-order valence-corrected chi connectivity index (χ4v) is 2.36. The molecule has 1 aromatic carbocycles. The highest BCUT2D eigenvalue weighted by molar-refractivity contribution is 7.22. The molecular formula is C13H16N2OS. The molecule has 0 saturated carbocycles. The normalized spacial score (nSPS) is 11.8. The lowest BCUT2D eigenvalue weighted by Gasteiger charge is -2.15. The Kier molecular flexibility index (Phi) is 2.91. The molecule has 0 saturated heterocycles. The van der Waals surface area contributed by atoms with E-state index in [2.05, 4.69) is 10.3 Å². The van der Waals surface area contributed by atoms with Gasteiger partial charge in [0.1, 0.15) is 0 Å². The van der Waals surface area contributed by atoms with Crippen molar-refractivity contribution in [2.45, 2.75) is 27.7 Å². The molecule has 4 heteroatoms. The summed E-state index contributed by atoms with van der Waals surface area (Å²) >= 11 is 1.51. The quantitative estimate of drug-likeness (QED) is 0.838. The Morgan fingerprint density at radius 2 is 2.06 bits per heavy atom. The molecule has 2 aromatic rings. The van der Waals surface area contributed by atoms with E-state index < -0.39 is 5.41 Å². The van der Waals surface area contributed by atoms with Crippen molar-refractivity contribution in [3.8, 4) is 0 Å². The van der Waals surface area contributed by atoms with Gasteiger partial charge >= 0.3 is 0 Å². The second-order valence-corrected chi connectivity index (χ2v) is 6.18. The van der Waals surface area contributed by atoms with E-state index in [9.17, 15) is 4.79 Å². The van der Waals surface area contributed by atoms with Gasteiger partial charge in [-0.05, 0) is 18.6 Å². The lowest BCUT2D eigenvalue weighted by atomic mass is 9.96. The average Bonchev–Trinajstić information content (AvgIpc) is 2.60. The molecule has 0 unspecified atom stereocenters. The number of hydrogen-bond acceptors (Lipinski definition) is 3. The maximum absolute atomic E-state index is 11.9. The third kappa shape index (κ3) is 2.47. The van der Waals surface area contributed by atoms with Gasteiger partial charge in [0.25, 0.3) is 0 Å². The predicted octanol–water partition coefficient (Wildman–Crippen LogP) is 3.59. The summed E-state index contributed by atoms with van der Waals surface area (Å²) in [7, 11) is 0. The van der Waals surface area contributed by atoms with E-state index >= 15 is 0 Å². The molecular weight excluding hydrogens is 232 g/mol. The number of aromatic nitrogens is 1. The minimum absolute atomic E-state index is 0.00536. The minimum Gasteiger partial charge on any atom is -0.301 e. The molecule has 0 aliphatic rings. The highest BCUT2D eigenvalue weighted by Crippen LogP contribution is 2.29. The Bertz CT molecular complexity index is 566. The zero-order chi connectivity index (χ0) is 12.6. The van der Waals surface area contributed by atoms with E-state index in [0.29, 0.717) is 5.13 Å². The van der Waals surface area contributed by atoms with Crippen LogP contribution in [0.15, 0.2) is 18.2 Å². The number of hydrogen-bond donors (Lipinski definition) is 1. The molecule has 0 aliphatic heterocycles. The Balaban J connectivity index is 2.32. The first kappa shape index (κ1) is 12.0. The van der Waals surface area contributed by atoms with Crippen molar-refractivity contribution < 1.29 is 4.79 Å². The van der Waals surface area contributed by atoms with Crippen LogP contribution in [0.25, 0.3) is 10.2 Å². The van der Waals surface area contributed by atoms with Gasteiger partial charge in [0, 0.05) is 5.41 Å². The standard InChI is InChI=1S/C13H16N2OS/c1-8-6-5-7-9-10(8)14-12(17-9)15-11(16)13(2,3)4/h5-7H,1-4H3,(H,14,15,16). The van der Waals surface area contributed by atoms with Gasteiger partial charge in [-0.15, -0.1) is 0 Å². The lowest BCUT2D eigenvalue weighted by molar-refractivity contribution is -0.123. The fourth-order valence-electron chi connectivity index (χ4n) is 1.42. The number of thiazole rings is 1. The van der Waals surface area contributed by atoms with Gasteiger partial charge in [-0.3, -0.25) is 4.79 Å². The van der Waals surface area contributed by atoms with Crippen LogP contribution in [0, 0.1) is 12.3 Å². The lowest BCUT2D eigenvalue weighted by Crippen LogP contribution is -2.27. The number of nitrogens with one attached hydrogen (secondary N) is 1. The Hall–Kier alpha value is -1.42. The highest BCUT2D eigenvalue weighted by atomic mass is 32.1. The average molecular weight is 248 g/mol. The molecule has 0 bridgehead atoms. The van der Waals surface area contributed by atoms with Crippen molar-refractivity contribution in [2.24, 2.45) is 5.41 Å². The predicted molar refractivity (Wildman–Crippen MR) is 72.4 cm³/mol. The van der Waals surface area contributed by atoms with Crippen LogP contribution in [0.5, 0.6) is 0 Å². The van der Waals surface area contributed by atoms with Crippen molar-refractivity contribution >= 4 is 32.6 Å². The van der Waals surface area contributed by atoms with Crippen molar-refractivity contribution in [1.82, 2.24) is 4.98 Å². The van der Waals surface area contributed by atoms with Crippen LogP contribution < -0.4 is 5.32 Å². The van der Waals surface area contributed by atoms with Crippen molar-refractivity contribution in [3.05, 3.63) is 23.8 Å². The second kappa shape index (κ2) is 4.11. The summed E-state index contributed by atoms with van der Waals surface area (Å²) in [5, 5.41) is 3.54. The summed E-state index contributed by atoms with van der Waals surface area (Å²) in [5.74, 6) is -0.00536. The van der Waals surface area contributed by atoms with Crippen LogP contribution in [0.1, 0.15) is 26.3 Å². The number of rotatable bonds is 1. The molecule has 2 rings (SSSR count). The van der Waals surface area contributed by atoms with Gasteiger partial charge in [-0.1, -0.05) is 44.2 Å². The number of anilines is 1. The summed E-state index contributed by atoms with van der Waals surface area (Å²) in [6, 6.07) is 6.05. The minimum atomic E-state index is -0.396. The molecule has 17 heavy (non-hydrogen) atoms. The molecule has 0 aliphatic carbocycles. The Morgan fingerprint density at radius 3 is 2.65 bits per heavy atom. The Labute approximate surface area is 105 Å². The van der Waals surface area contributed by atoms with Crippen LogP contribution >= 0.6 is 11.3 Å². The molecule has 1 N–H and O–H groups in total. The van der Waals surface area contributed by atoms with Gasteiger partial charge in [0.05, 0.1) is 10.2 Å². The van der Waals surface area contributed by atoms with Crippen molar-refractivity contribution in [3.63, 3.8) is 0 Å². The number of aryl methyl sites for hydroxylation is 1. The van der Waals surface area contributed by atoms with E-state index in [1.807, 2.05) is 45.9 Å². The maximum atomic E-state index is 11.9. The topological polar surface area (TPSA) is 42.0 Å². The molecule has 0 spiro atoms. The molecule has 1 amide bonds. The van der Waals surface area contributed by atoms with Gasteiger partial charge in [0.15, 0.2) is 5.13 Å². The Morgan fingerprint density at radius 1 is 1.35 bits per heavy atom. The van der Waals surface area contributed by atoms with Crippen LogP contribution in [0.2, 0.25) is 0 Å². The number of benzene rings is 1. The van der Waals surface area contributed by atoms with E-state index in [-0.39, 0.29) is 5.91 Å². The van der Waals surface area contributed by atoms with E-state index in [4.69, 9.17) is 0 Å².